The molecule has 0 fully saturated rings. The second-order valence-electron chi connectivity index (χ2n) is 4.84. The Bertz CT molecular complexity index is 449. The van der Waals surface area contributed by atoms with E-state index in [1.54, 1.807) is 6.07 Å². The number of carbonyl (C=O) groups is 2. The summed E-state index contributed by atoms with van der Waals surface area (Å²) >= 11 is 0. The molecule has 0 aliphatic heterocycles. The van der Waals surface area contributed by atoms with Crippen molar-refractivity contribution in [1.29, 1.82) is 0 Å². The molecule has 0 bridgehead atoms. The summed E-state index contributed by atoms with van der Waals surface area (Å²) in [6.07, 6.45) is 0.596. The van der Waals surface area contributed by atoms with Crippen LogP contribution in [-0.4, -0.2) is 22.2 Å². The van der Waals surface area contributed by atoms with Crippen LogP contribution in [0.1, 0.15) is 30.5 Å². The lowest BCUT2D eigenvalue weighted by Gasteiger charge is -2.10. The van der Waals surface area contributed by atoms with E-state index in [0.29, 0.717) is 17.0 Å². The maximum absolute atomic E-state index is 10.8. The molecule has 0 aliphatic rings. The Kier molecular flexibility index (Phi) is 4.89. The summed E-state index contributed by atoms with van der Waals surface area (Å²) in [5.74, 6) is -1.41. The molecule has 2 N–H and O–H groups in total. The van der Waals surface area contributed by atoms with Crippen LogP contribution in [0.2, 0.25) is 0 Å². The smallest absolute Gasteiger partial charge is 0.307 e. The molecule has 1 aromatic carbocycles. The molecule has 98 valence electrons. The lowest BCUT2D eigenvalue weighted by atomic mass is 9.95. The minimum absolute atomic E-state index is 0.130. The summed E-state index contributed by atoms with van der Waals surface area (Å²) in [5, 5.41) is 17.6. The molecule has 0 radical (unpaired) electrons. The standard InChI is InChI=1S/C14H18O4/c1-9(2)5-10-3-4-11(7-13(15)16)12(6-10)8-14(17)18/h3-4,6,9H,5,7-8H2,1-2H3,(H,15,16)(H,17,18). The van der Waals surface area contributed by atoms with Crippen LogP contribution < -0.4 is 0 Å². The molecule has 4 heteroatoms. The average molecular weight is 250 g/mol. The number of carboxylic acid groups (broad SMARTS) is 2. The fourth-order valence-electron chi connectivity index (χ4n) is 1.94. The Balaban J connectivity index is 3.03. The lowest BCUT2D eigenvalue weighted by molar-refractivity contribution is -0.137. The molecular formula is C14H18O4. The summed E-state index contributed by atoms with van der Waals surface area (Å²) in [7, 11) is 0. The molecule has 1 aromatic rings. The average Bonchev–Trinajstić information content (AvgIpc) is 2.19. The van der Waals surface area contributed by atoms with Crippen LogP contribution >= 0.6 is 0 Å². The summed E-state index contributed by atoms with van der Waals surface area (Å²) in [4.78, 5) is 21.5. The summed E-state index contributed by atoms with van der Waals surface area (Å²) in [5.41, 5.74) is 2.23. The van der Waals surface area contributed by atoms with Crippen LogP contribution in [-0.2, 0) is 28.9 Å². The van der Waals surface area contributed by atoms with Gasteiger partial charge in [0, 0.05) is 0 Å². The van der Waals surface area contributed by atoms with Gasteiger partial charge in [-0.25, -0.2) is 0 Å². The van der Waals surface area contributed by atoms with Gasteiger partial charge in [-0.3, -0.25) is 9.59 Å². The molecule has 0 heterocycles. The highest BCUT2D eigenvalue weighted by atomic mass is 16.4. The van der Waals surface area contributed by atoms with Crippen molar-refractivity contribution in [1.82, 2.24) is 0 Å². The van der Waals surface area contributed by atoms with E-state index < -0.39 is 11.9 Å². The lowest BCUT2D eigenvalue weighted by Crippen LogP contribution is -2.09. The van der Waals surface area contributed by atoms with Crippen molar-refractivity contribution in [2.45, 2.75) is 33.1 Å². The van der Waals surface area contributed by atoms with Gasteiger partial charge in [0.1, 0.15) is 0 Å². The third kappa shape index (κ3) is 4.57. The highest BCUT2D eigenvalue weighted by Gasteiger charge is 2.11. The number of rotatable bonds is 6. The Labute approximate surface area is 106 Å². The molecule has 18 heavy (non-hydrogen) atoms. The van der Waals surface area contributed by atoms with Crippen LogP contribution in [0.5, 0.6) is 0 Å². The predicted octanol–water partition coefficient (Wildman–Crippen LogP) is 2.14. The van der Waals surface area contributed by atoms with Crippen molar-refractivity contribution in [3.05, 3.63) is 34.9 Å². The highest BCUT2D eigenvalue weighted by molar-refractivity contribution is 5.74. The number of aliphatic carboxylic acids is 2. The predicted molar refractivity (Wildman–Crippen MR) is 67.7 cm³/mol. The normalized spacial score (nSPS) is 10.6. The molecule has 0 aromatic heterocycles. The maximum atomic E-state index is 10.8. The quantitative estimate of drug-likeness (QED) is 0.811. The number of benzene rings is 1. The molecule has 4 nitrogen and oxygen atoms in total. The number of carboxylic acids is 2. The Morgan fingerprint density at radius 1 is 1.06 bits per heavy atom. The highest BCUT2D eigenvalue weighted by Crippen LogP contribution is 2.17. The van der Waals surface area contributed by atoms with E-state index >= 15 is 0 Å². The van der Waals surface area contributed by atoms with Crippen LogP contribution in [0.4, 0.5) is 0 Å². The van der Waals surface area contributed by atoms with Gasteiger partial charge in [-0.05, 0) is 29.0 Å². The fourth-order valence-corrected chi connectivity index (χ4v) is 1.94. The molecule has 0 atom stereocenters. The summed E-state index contributed by atoms with van der Waals surface area (Å²) < 4.78 is 0. The van der Waals surface area contributed by atoms with Crippen molar-refractivity contribution in [2.75, 3.05) is 0 Å². The van der Waals surface area contributed by atoms with Crippen LogP contribution in [0.15, 0.2) is 18.2 Å². The third-order valence-corrected chi connectivity index (χ3v) is 2.60. The number of hydrogen-bond acceptors (Lipinski definition) is 2. The van der Waals surface area contributed by atoms with Crippen LogP contribution in [0, 0.1) is 5.92 Å². The molecule has 0 unspecified atom stereocenters. The van der Waals surface area contributed by atoms with Crippen molar-refractivity contribution in [3.63, 3.8) is 0 Å². The van der Waals surface area contributed by atoms with Gasteiger partial charge in [-0.2, -0.15) is 0 Å². The summed E-state index contributed by atoms with van der Waals surface area (Å²) in [6, 6.07) is 5.42. The second kappa shape index (κ2) is 6.19. The van der Waals surface area contributed by atoms with E-state index in [9.17, 15) is 9.59 Å². The van der Waals surface area contributed by atoms with Crippen molar-refractivity contribution in [3.8, 4) is 0 Å². The van der Waals surface area contributed by atoms with Crippen molar-refractivity contribution < 1.29 is 19.8 Å². The molecule has 0 spiro atoms. The van der Waals surface area contributed by atoms with Crippen LogP contribution in [0.3, 0.4) is 0 Å². The maximum Gasteiger partial charge on any atom is 0.307 e. The van der Waals surface area contributed by atoms with Gasteiger partial charge < -0.3 is 10.2 Å². The van der Waals surface area contributed by atoms with Gasteiger partial charge in [-0.1, -0.05) is 32.0 Å². The van der Waals surface area contributed by atoms with E-state index in [0.717, 1.165) is 12.0 Å². The molecule has 0 amide bonds. The van der Waals surface area contributed by atoms with E-state index in [4.69, 9.17) is 10.2 Å². The Hall–Kier alpha value is -1.84. The SMILES string of the molecule is CC(C)Cc1ccc(CC(=O)O)c(CC(=O)O)c1. The van der Waals surface area contributed by atoms with Gasteiger partial charge >= 0.3 is 11.9 Å². The monoisotopic (exact) mass is 250 g/mol. The van der Waals surface area contributed by atoms with Crippen molar-refractivity contribution >= 4 is 11.9 Å². The van der Waals surface area contributed by atoms with Gasteiger partial charge in [0.2, 0.25) is 0 Å². The first-order valence-corrected chi connectivity index (χ1v) is 5.92. The molecule has 0 saturated heterocycles. The zero-order valence-corrected chi connectivity index (χ0v) is 10.6. The Morgan fingerprint density at radius 3 is 2.11 bits per heavy atom. The zero-order valence-electron chi connectivity index (χ0n) is 10.6. The minimum Gasteiger partial charge on any atom is -0.481 e. The molecule has 1 rings (SSSR count). The largest absolute Gasteiger partial charge is 0.481 e. The van der Waals surface area contributed by atoms with E-state index in [1.165, 1.54) is 0 Å². The van der Waals surface area contributed by atoms with Gasteiger partial charge in [0.25, 0.3) is 0 Å². The molecular weight excluding hydrogens is 232 g/mol. The first-order chi connectivity index (χ1) is 8.38. The minimum atomic E-state index is -0.946. The Morgan fingerprint density at radius 2 is 1.61 bits per heavy atom. The molecule has 0 saturated carbocycles. The van der Waals surface area contributed by atoms with E-state index in [2.05, 4.69) is 13.8 Å². The first-order valence-electron chi connectivity index (χ1n) is 5.92. The van der Waals surface area contributed by atoms with Gasteiger partial charge in [0.15, 0.2) is 0 Å². The zero-order chi connectivity index (χ0) is 13.7. The first kappa shape index (κ1) is 14.2. The van der Waals surface area contributed by atoms with E-state index in [-0.39, 0.29) is 12.8 Å². The van der Waals surface area contributed by atoms with E-state index in [1.807, 2.05) is 12.1 Å². The number of hydrogen-bond donors (Lipinski definition) is 2. The molecule has 0 aliphatic carbocycles. The third-order valence-electron chi connectivity index (χ3n) is 2.60. The topological polar surface area (TPSA) is 74.6 Å². The van der Waals surface area contributed by atoms with Crippen molar-refractivity contribution in [2.24, 2.45) is 5.92 Å². The summed E-state index contributed by atoms with van der Waals surface area (Å²) in [6.45, 7) is 4.17. The second-order valence-corrected chi connectivity index (χ2v) is 4.84. The fraction of sp³-hybridized carbons (Fsp3) is 0.429. The van der Waals surface area contributed by atoms with Gasteiger partial charge in [0.05, 0.1) is 12.8 Å². The van der Waals surface area contributed by atoms with Crippen LogP contribution in [0.25, 0.3) is 0 Å². The van der Waals surface area contributed by atoms with Gasteiger partial charge in [-0.15, -0.1) is 0 Å².